The van der Waals surface area contributed by atoms with Gasteiger partial charge in [0.15, 0.2) is 5.76 Å². The minimum Gasteiger partial charge on any atom is -0.438 e. The van der Waals surface area contributed by atoms with E-state index in [2.05, 4.69) is 0 Å². The molecule has 0 radical (unpaired) electrons. The van der Waals surface area contributed by atoms with Crippen LogP contribution < -0.4 is 5.73 Å². The van der Waals surface area contributed by atoms with E-state index in [-0.39, 0.29) is 37.0 Å². The molecule has 2 rings (SSSR count). The fraction of sp³-hybridized carbons (Fsp3) is 0.538. The highest BCUT2D eigenvalue weighted by atomic mass is 32.2. The summed E-state index contributed by atoms with van der Waals surface area (Å²) in [6.07, 6.45) is 0. The van der Waals surface area contributed by atoms with E-state index in [0.29, 0.717) is 13.2 Å². The predicted molar refractivity (Wildman–Crippen MR) is 79.1 cm³/mol. The smallest absolute Gasteiger partial charge is 0.296 e. The van der Waals surface area contributed by atoms with Crippen molar-refractivity contribution >= 4 is 21.8 Å². The summed E-state index contributed by atoms with van der Waals surface area (Å²) in [6.45, 7) is 2.41. The molecule has 2 amide bonds. The molecule has 1 aliphatic heterocycles. The molecule has 2 N–H and O–H groups in total. The highest BCUT2D eigenvalue weighted by Gasteiger charge is 2.31. The van der Waals surface area contributed by atoms with E-state index in [1.807, 2.05) is 0 Å². The zero-order chi connectivity index (χ0) is 17.0. The van der Waals surface area contributed by atoms with Gasteiger partial charge in [0.2, 0.25) is 11.0 Å². The lowest BCUT2D eigenvalue weighted by atomic mass is 10.3. The van der Waals surface area contributed by atoms with Crippen molar-refractivity contribution in [1.82, 2.24) is 9.21 Å². The van der Waals surface area contributed by atoms with Crippen molar-refractivity contribution < 1.29 is 27.2 Å². The standard InChI is InChI=1S/C13H19N3O6S/c1-10(17)16(5-4-14)13(18)11-2-3-12(22-11)23(19,20)15-6-8-21-9-7-15/h2-3H,4-9,14H2,1H3. The number of morpholine rings is 1. The summed E-state index contributed by atoms with van der Waals surface area (Å²) in [6, 6.07) is 2.45. The summed E-state index contributed by atoms with van der Waals surface area (Å²) >= 11 is 0. The molecule has 0 aromatic carbocycles. The average Bonchev–Trinajstić information content (AvgIpc) is 3.03. The van der Waals surface area contributed by atoms with E-state index in [1.165, 1.54) is 23.4 Å². The van der Waals surface area contributed by atoms with Gasteiger partial charge in [-0.3, -0.25) is 14.5 Å². The molecule has 0 aliphatic carbocycles. The maximum Gasteiger partial charge on any atom is 0.296 e. The molecule has 1 aromatic rings. The number of rotatable bonds is 5. The quantitative estimate of drug-likeness (QED) is 0.744. The van der Waals surface area contributed by atoms with E-state index >= 15 is 0 Å². The van der Waals surface area contributed by atoms with Crippen LogP contribution in [0.25, 0.3) is 0 Å². The van der Waals surface area contributed by atoms with Crippen molar-refractivity contribution in [2.75, 3.05) is 39.4 Å². The minimum absolute atomic E-state index is 0.0282. The van der Waals surface area contributed by atoms with Gasteiger partial charge >= 0.3 is 0 Å². The number of sulfonamides is 1. The SMILES string of the molecule is CC(=O)N(CCN)C(=O)c1ccc(S(=O)(=O)N2CCOCC2)o1. The van der Waals surface area contributed by atoms with Crippen molar-refractivity contribution in [2.24, 2.45) is 5.73 Å². The first-order valence-electron chi connectivity index (χ1n) is 7.08. The molecule has 128 valence electrons. The van der Waals surface area contributed by atoms with Gasteiger partial charge < -0.3 is 14.9 Å². The maximum absolute atomic E-state index is 12.4. The Hall–Kier alpha value is -1.75. The molecule has 0 bridgehead atoms. The number of hydrogen-bond donors (Lipinski definition) is 1. The number of amides is 2. The van der Waals surface area contributed by atoms with Gasteiger partial charge in [-0.05, 0) is 12.1 Å². The van der Waals surface area contributed by atoms with Crippen LogP contribution in [0.4, 0.5) is 0 Å². The molecule has 0 saturated carbocycles. The average molecular weight is 345 g/mol. The molecule has 1 fully saturated rings. The van der Waals surface area contributed by atoms with Gasteiger partial charge in [-0.15, -0.1) is 0 Å². The topological polar surface area (TPSA) is 123 Å². The zero-order valence-corrected chi connectivity index (χ0v) is 13.5. The summed E-state index contributed by atoms with van der Waals surface area (Å²) in [5, 5.41) is -0.334. The number of furan rings is 1. The lowest BCUT2D eigenvalue weighted by molar-refractivity contribution is -0.126. The van der Waals surface area contributed by atoms with Crippen molar-refractivity contribution in [3.8, 4) is 0 Å². The number of ether oxygens (including phenoxy) is 1. The second-order valence-corrected chi connectivity index (χ2v) is 6.77. The first-order valence-corrected chi connectivity index (χ1v) is 8.52. The lowest BCUT2D eigenvalue weighted by Gasteiger charge is -2.24. The van der Waals surface area contributed by atoms with E-state index in [0.717, 1.165) is 4.90 Å². The first-order chi connectivity index (χ1) is 10.9. The maximum atomic E-state index is 12.4. The van der Waals surface area contributed by atoms with Crippen LogP contribution in [0, 0.1) is 0 Å². The Bertz CT molecular complexity index is 678. The molecule has 1 aliphatic rings. The molecular weight excluding hydrogens is 326 g/mol. The number of carbonyl (C=O) groups excluding carboxylic acids is 2. The number of hydrogen-bond acceptors (Lipinski definition) is 7. The lowest BCUT2D eigenvalue weighted by Crippen LogP contribution is -2.40. The van der Waals surface area contributed by atoms with Gasteiger partial charge in [0.05, 0.1) is 13.2 Å². The van der Waals surface area contributed by atoms with Gasteiger partial charge in [0.1, 0.15) is 0 Å². The Morgan fingerprint density at radius 1 is 1.30 bits per heavy atom. The highest BCUT2D eigenvalue weighted by molar-refractivity contribution is 7.89. The third-order valence-electron chi connectivity index (χ3n) is 3.33. The van der Waals surface area contributed by atoms with Crippen LogP contribution in [0.15, 0.2) is 21.6 Å². The van der Waals surface area contributed by atoms with Crippen LogP contribution in [0.3, 0.4) is 0 Å². The summed E-state index contributed by atoms with van der Waals surface area (Å²) in [5.41, 5.74) is 5.36. The number of imide groups is 1. The van der Waals surface area contributed by atoms with Crippen LogP contribution in [0.2, 0.25) is 0 Å². The van der Waals surface area contributed by atoms with E-state index < -0.39 is 21.8 Å². The molecule has 10 heteroatoms. The Kier molecular flexibility index (Phi) is 5.52. The molecule has 23 heavy (non-hydrogen) atoms. The molecule has 1 saturated heterocycles. The number of carbonyl (C=O) groups is 2. The second-order valence-electron chi connectivity index (χ2n) is 4.90. The van der Waals surface area contributed by atoms with Crippen LogP contribution in [-0.4, -0.2) is 68.8 Å². The zero-order valence-electron chi connectivity index (χ0n) is 12.7. The van der Waals surface area contributed by atoms with E-state index in [1.54, 1.807) is 0 Å². The molecule has 2 heterocycles. The van der Waals surface area contributed by atoms with E-state index in [4.69, 9.17) is 14.9 Å². The van der Waals surface area contributed by atoms with Crippen molar-refractivity contribution in [2.45, 2.75) is 12.0 Å². The van der Waals surface area contributed by atoms with Crippen molar-refractivity contribution in [3.63, 3.8) is 0 Å². The monoisotopic (exact) mass is 345 g/mol. The largest absolute Gasteiger partial charge is 0.438 e. The van der Waals surface area contributed by atoms with Gasteiger partial charge in [-0.1, -0.05) is 0 Å². The second kappa shape index (κ2) is 7.21. The molecule has 1 aromatic heterocycles. The molecule has 9 nitrogen and oxygen atoms in total. The van der Waals surface area contributed by atoms with E-state index in [9.17, 15) is 18.0 Å². The summed E-state index contributed by atoms with van der Waals surface area (Å²) in [7, 11) is -3.83. The van der Waals surface area contributed by atoms with Gasteiger partial charge in [0.25, 0.3) is 15.9 Å². The van der Waals surface area contributed by atoms with Gasteiger partial charge in [0, 0.05) is 33.1 Å². The first kappa shape index (κ1) is 17.6. The van der Waals surface area contributed by atoms with Crippen molar-refractivity contribution in [3.05, 3.63) is 17.9 Å². The fourth-order valence-corrected chi connectivity index (χ4v) is 3.47. The number of nitrogens with two attached hydrogens (primary N) is 1. The molecule has 0 unspecified atom stereocenters. The summed E-state index contributed by atoms with van der Waals surface area (Å²) < 4.78 is 36.4. The molecule has 0 spiro atoms. The van der Waals surface area contributed by atoms with Crippen molar-refractivity contribution in [1.29, 1.82) is 0 Å². The third-order valence-corrected chi connectivity index (χ3v) is 5.11. The van der Waals surface area contributed by atoms with Crippen LogP contribution in [0.5, 0.6) is 0 Å². The van der Waals surface area contributed by atoms with Gasteiger partial charge in [-0.25, -0.2) is 8.42 Å². The Morgan fingerprint density at radius 3 is 2.52 bits per heavy atom. The fourth-order valence-electron chi connectivity index (χ4n) is 2.15. The molecular formula is C13H19N3O6S. The normalized spacial score (nSPS) is 16.3. The summed E-state index contributed by atoms with van der Waals surface area (Å²) in [4.78, 5) is 24.6. The number of nitrogens with zero attached hydrogens (tertiary/aromatic N) is 2. The Balaban J connectivity index is 2.22. The highest BCUT2D eigenvalue weighted by Crippen LogP contribution is 2.20. The van der Waals surface area contributed by atoms with Crippen LogP contribution in [-0.2, 0) is 19.6 Å². The van der Waals surface area contributed by atoms with Crippen LogP contribution >= 0.6 is 0 Å². The molecule has 0 atom stereocenters. The van der Waals surface area contributed by atoms with Crippen LogP contribution in [0.1, 0.15) is 17.5 Å². The summed E-state index contributed by atoms with van der Waals surface area (Å²) in [5.74, 6) is -1.43. The predicted octanol–water partition coefficient (Wildman–Crippen LogP) is -0.752. The minimum atomic E-state index is -3.83. The Morgan fingerprint density at radius 2 is 1.96 bits per heavy atom. The Labute approximate surface area is 134 Å². The third kappa shape index (κ3) is 3.78. The van der Waals surface area contributed by atoms with Gasteiger partial charge in [-0.2, -0.15) is 4.31 Å².